The molecule has 2 unspecified atom stereocenters. The van der Waals surface area contributed by atoms with Crippen molar-refractivity contribution in [2.24, 2.45) is 11.8 Å². The van der Waals surface area contributed by atoms with E-state index in [1.807, 2.05) is 0 Å². The molecule has 0 saturated heterocycles. The van der Waals surface area contributed by atoms with E-state index in [0.717, 1.165) is 40.7 Å². The monoisotopic (exact) mass is 438 g/mol. The Morgan fingerprint density at radius 1 is 0.708 bits per heavy atom. The third kappa shape index (κ3) is 7.41. The summed E-state index contributed by atoms with van der Waals surface area (Å²) in [6.07, 6.45) is 2.41. The molecule has 2 aromatic heterocycles. The highest BCUT2D eigenvalue weighted by Gasteiger charge is 2.11. The first-order chi connectivity index (χ1) is 11.6. The number of rotatable bonds is 11. The van der Waals surface area contributed by atoms with Gasteiger partial charge in [0.15, 0.2) is 17.4 Å². The number of hydrogen-bond acceptors (Lipinski definition) is 10. The maximum Gasteiger partial charge on any atom is 0.186 e. The lowest BCUT2D eigenvalue weighted by Crippen LogP contribution is -1.94. The van der Waals surface area contributed by atoms with Crippen LogP contribution >= 0.6 is 67.8 Å². The van der Waals surface area contributed by atoms with Gasteiger partial charge in [-0.25, -0.2) is 0 Å². The van der Waals surface area contributed by atoms with Gasteiger partial charge in [-0.3, -0.25) is 0 Å². The van der Waals surface area contributed by atoms with Gasteiger partial charge in [-0.05, 0) is 33.4 Å². The van der Waals surface area contributed by atoms with Gasteiger partial charge in [-0.2, -0.15) is 0 Å². The molecule has 10 heteroatoms. The highest BCUT2D eigenvalue weighted by Crippen LogP contribution is 2.42. The fraction of sp³-hybridized carbons (Fsp3) is 0.714. The maximum absolute atomic E-state index is 4.26. The summed E-state index contributed by atoms with van der Waals surface area (Å²) in [6.45, 7) is 8.99. The molecule has 0 aliphatic rings. The molecule has 0 bridgehead atoms. The normalized spacial score (nSPS) is 14.0. The fourth-order valence-electron chi connectivity index (χ4n) is 1.31. The molecule has 4 nitrogen and oxygen atoms in total. The van der Waals surface area contributed by atoms with Crippen LogP contribution in [-0.2, 0) is 0 Å². The van der Waals surface area contributed by atoms with Gasteiger partial charge in [0.25, 0.3) is 0 Å². The van der Waals surface area contributed by atoms with Crippen molar-refractivity contribution in [3.05, 3.63) is 0 Å². The van der Waals surface area contributed by atoms with Gasteiger partial charge in [0, 0.05) is 11.5 Å². The van der Waals surface area contributed by atoms with Crippen LogP contribution in [0.3, 0.4) is 0 Å². The van der Waals surface area contributed by atoms with E-state index < -0.39 is 0 Å². The van der Waals surface area contributed by atoms with Crippen LogP contribution in [0.15, 0.2) is 17.4 Å². The molecule has 0 radical (unpaired) electrons. The van der Waals surface area contributed by atoms with E-state index in [0.29, 0.717) is 0 Å². The van der Waals surface area contributed by atoms with Crippen LogP contribution in [0, 0.1) is 11.8 Å². The first-order valence-corrected chi connectivity index (χ1v) is 13.6. The molecule has 2 rings (SSSR count). The van der Waals surface area contributed by atoms with Crippen LogP contribution < -0.4 is 0 Å². The fourth-order valence-corrected chi connectivity index (χ4v) is 8.02. The van der Waals surface area contributed by atoms with E-state index in [4.69, 9.17) is 0 Å². The van der Waals surface area contributed by atoms with E-state index in [1.54, 1.807) is 67.8 Å². The number of nitrogens with zero attached hydrogens (tertiary/aromatic N) is 4. The molecular formula is C14H22N4S6. The van der Waals surface area contributed by atoms with Crippen molar-refractivity contribution in [1.29, 1.82) is 0 Å². The van der Waals surface area contributed by atoms with Crippen LogP contribution in [-0.4, -0.2) is 31.9 Å². The van der Waals surface area contributed by atoms with Crippen LogP contribution in [0.1, 0.15) is 40.5 Å². The highest BCUT2D eigenvalue weighted by atomic mass is 33.1. The lowest BCUT2D eigenvalue weighted by atomic mass is 10.2. The molecule has 24 heavy (non-hydrogen) atoms. The zero-order valence-electron chi connectivity index (χ0n) is 14.2. The van der Waals surface area contributed by atoms with Crippen LogP contribution in [0.25, 0.3) is 0 Å². The molecule has 134 valence electrons. The van der Waals surface area contributed by atoms with E-state index in [-0.39, 0.29) is 0 Å². The second-order valence-electron chi connectivity index (χ2n) is 5.48. The van der Waals surface area contributed by atoms with Crippen molar-refractivity contribution in [2.75, 3.05) is 11.5 Å². The number of thioether (sulfide) groups is 2. The quantitative estimate of drug-likeness (QED) is 0.292. The van der Waals surface area contributed by atoms with E-state index >= 15 is 0 Å². The third-order valence-corrected chi connectivity index (χ3v) is 11.1. The lowest BCUT2D eigenvalue weighted by Gasteiger charge is -2.04. The Kier molecular flexibility index (Phi) is 9.79. The lowest BCUT2D eigenvalue weighted by molar-refractivity contribution is 0.636. The smallest absolute Gasteiger partial charge is 0.131 e. The second kappa shape index (κ2) is 11.3. The molecule has 0 aliphatic carbocycles. The Hall–Kier alpha value is 0.520. The molecule has 0 aromatic carbocycles. The minimum Gasteiger partial charge on any atom is -0.131 e. The summed E-state index contributed by atoms with van der Waals surface area (Å²) in [6, 6.07) is 0. The third-order valence-electron chi connectivity index (χ3n) is 3.34. The summed E-state index contributed by atoms with van der Waals surface area (Å²) in [5, 5.41) is 17.0. The summed E-state index contributed by atoms with van der Waals surface area (Å²) in [7, 11) is 3.25. The summed E-state index contributed by atoms with van der Waals surface area (Å²) in [4.78, 5) is 0. The second-order valence-corrected chi connectivity index (χ2v) is 12.6. The Morgan fingerprint density at radius 2 is 1.08 bits per heavy atom. The molecule has 2 atom stereocenters. The molecule has 0 aliphatic heterocycles. The average molecular weight is 439 g/mol. The Bertz CT molecular complexity index is 549. The van der Waals surface area contributed by atoms with Gasteiger partial charge in [0.1, 0.15) is 0 Å². The minimum atomic E-state index is 0.720. The molecular weight excluding hydrogens is 417 g/mol. The van der Waals surface area contributed by atoms with Gasteiger partial charge in [-0.1, -0.05) is 86.7 Å². The predicted molar refractivity (Wildman–Crippen MR) is 112 cm³/mol. The maximum atomic E-state index is 4.26. The van der Waals surface area contributed by atoms with Crippen molar-refractivity contribution in [2.45, 2.75) is 57.9 Å². The Balaban J connectivity index is 1.75. The number of aromatic nitrogens is 4. The topological polar surface area (TPSA) is 51.6 Å². The molecule has 0 fully saturated rings. The van der Waals surface area contributed by atoms with Crippen molar-refractivity contribution in [1.82, 2.24) is 20.4 Å². The first kappa shape index (κ1) is 20.8. The van der Waals surface area contributed by atoms with Crippen molar-refractivity contribution >= 4 is 67.8 Å². The van der Waals surface area contributed by atoms with Crippen LogP contribution in [0.4, 0.5) is 0 Å². The zero-order valence-corrected chi connectivity index (χ0v) is 19.1. The van der Waals surface area contributed by atoms with E-state index in [9.17, 15) is 0 Å². The van der Waals surface area contributed by atoms with Crippen LogP contribution in [0.2, 0.25) is 0 Å². The summed E-state index contributed by atoms with van der Waals surface area (Å²) in [5.74, 6) is 3.65. The molecule has 0 saturated carbocycles. The Labute approximate surface area is 168 Å². The van der Waals surface area contributed by atoms with E-state index in [1.165, 1.54) is 12.8 Å². The minimum absolute atomic E-state index is 0.720. The standard InChI is InChI=1S/C14H22N4S6/c1-5-9(3)7-19-11-15-17-13(21-11)23-24-14-18-16-12(22-14)20-8-10(4)6-2/h9-10H,5-8H2,1-4H3. The van der Waals surface area contributed by atoms with Gasteiger partial charge < -0.3 is 0 Å². The molecule has 0 amide bonds. The van der Waals surface area contributed by atoms with Crippen molar-refractivity contribution in [3.8, 4) is 0 Å². The van der Waals surface area contributed by atoms with Gasteiger partial charge in [0.05, 0.1) is 0 Å². The Morgan fingerprint density at radius 3 is 1.46 bits per heavy atom. The van der Waals surface area contributed by atoms with E-state index in [2.05, 4.69) is 48.1 Å². The first-order valence-electron chi connectivity index (χ1n) is 7.87. The summed E-state index contributed by atoms with van der Waals surface area (Å²) < 4.78 is 4.08. The van der Waals surface area contributed by atoms with Crippen LogP contribution in [0.5, 0.6) is 0 Å². The molecule has 0 N–H and O–H groups in total. The largest absolute Gasteiger partial charge is 0.186 e. The molecule has 2 heterocycles. The summed E-state index contributed by atoms with van der Waals surface area (Å²) in [5.41, 5.74) is 0. The molecule has 2 aromatic rings. The predicted octanol–water partition coefficient (Wildman–Crippen LogP) is 6.47. The van der Waals surface area contributed by atoms with Gasteiger partial charge >= 0.3 is 0 Å². The van der Waals surface area contributed by atoms with Gasteiger partial charge in [0.2, 0.25) is 0 Å². The van der Waals surface area contributed by atoms with Gasteiger partial charge in [-0.15, -0.1) is 20.4 Å². The zero-order chi connectivity index (χ0) is 17.4. The molecule has 0 spiro atoms. The average Bonchev–Trinajstić information content (AvgIpc) is 3.24. The summed E-state index contributed by atoms with van der Waals surface area (Å²) >= 11 is 6.93. The van der Waals surface area contributed by atoms with Crippen molar-refractivity contribution < 1.29 is 0 Å². The van der Waals surface area contributed by atoms with Crippen molar-refractivity contribution in [3.63, 3.8) is 0 Å². The SMILES string of the molecule is CCC(C)CSc1nnc(SSc2nnc(SCC(C)CC)s2)s1. The highest BCUT2D eigenvalue weighted by molar-refractivity contribution is 8.77. The number of hydrogen-bond donors (Lipinski definition) is 0.